The number of benzene rings is 2. The van der Waals surface area contributed by atoms with E-state index in [2.05, 4.69) is 46.4 Å². The molecule has 1 aromatic heterocycles. The van der Waals surface area contributed by atoms with Crippen molar-refractivity contribution in [2.45, 2.75) is 5.92 Å². The summed E-state index contributed by atoms with van der Waals surface area (Å²) in [6, 6.07) is 16.3. The van der Waals surface area contributed by atoms with Crippen molar-refractivity contribution in [1.82, 2.24) is 10.3 Å². The van der Waals surface area contributed by atoms with Crippen LogP contribution in [-0.4, -0.2) is 35.3 Å². The molecule has 1 aliphatic carbocycles. The fourth-order valence-electron chi connectivity index (χ4n) is 3.31. The van der Waals surface area contributed by atoms with Gasteiger partial charge in [-0.15, -0.1) is 11.3 Å². The highest BCUT2D eigenvalue weighted by Gasteiger charge is 2.28. The Balaban J connectivity index is 1.33. The Morgan fingerprint density at radius 3 is 2.38 bits per heavy atom. The summed E-state index contributed by atoms with van der Waals surface area (Å²) in [6.45, 7) is 0.320. The number of alkyl carbamates (subject to hydrolysis) is 1. The molecule has 144 valence electrons. The molecule has 0 radical (unpaired) electrons. The first-order chi connectivity index (χ1) is 14.1. The fraction of sp³-hybridized carbons (Fsp3) is 0.136. The van der Waals surface area contributed by atoms with Gasteiger partial charge in [0.15, 0.2) is 10.7 Å². The number of thiazole rings is 1. The second kappa shape index (κ2) is 8.17. The van der Waals surface area contributed by atoms with Gasteiger partial charge in [0.25, 0.3) is 0 Å². The van der Waals surface area contributed by atoms with Gasteiger partial charge in [-0.25, -0.2) is 14.6 Å². The summed E-state index contributed by atoms with van der Waals surface area (Å²) < 4.78 is 5.42. The van der Waals surface area contributed by atoms with Gasteiger partial charge in [-0.1, -0.05) is 54.5 Å². The minimum absolute atomic E-state index is 0.00370. The second-order valence-electron chi connectivity index (χ2n) is 6.32. The Bertz CT molecular complexity index is 1100. The maximum Gasteiger partial charge on any atom is 0.407 e. The van der Waals surface area contributed by atoms with Gasteiger partial charge in [0, 0.05) is 11.3 Å². The van der Waals surface area contributed by atoms with Crippen molar-refractivity contribution in [1.29, 1.82) is 0 Å². The average molecular weight is 404 g/mol. The highest BCUT2D eigenvalue weighted by Crippen LogP contribution is 2.44. The Morgan fingerprint density at radius 2 is 1.76 bits per heavy atom. The summed E-state index contributed by atoms with van der Waals surface area (Å²) in [6.07, 6.45) is -0.550. The van der Waals surface area contributed by atoms with Crippen LogP contribution in [0.1, 0.15) is 32.5 Å². The second-order valence-corrected chi connectivity index (χ2v) is 7.18. The summed E-state index contributed by atoms with van der Waals surface area (Å²) in [7, 11) is 0. The number of carboxylic acids is 1. The van der Waals surface area contributed by atoms with Crippen molar-refractivity contribution < 1.29 is 19.4 Å². The number of hydrogen-bond donors (Lipinski definition) is 2. The largest absolute Gasteiger partial charge is 0.476 e. The van der Waals surface area contributed by atoms with Crippen LogP contribution in [0.3, 0.4) is 0 Å². The predicted molar refractivity (Wildman–Crippen MR) is 109 cm³/mol. The lowest BCUT2D eigenvalue weighted by atomic mass is 9.98. The third-order valence-electron chi connectivity index (χ3n) is 4.58. The smallest absolute Gasteiger partial charge is 0.407 e. The zero-order chi connectivity index (χ0) is 20.2. The first kappa shape index (κ1) is 18.7. The van der Waals surface area contributed by atoms with Gasteiger partial charge >= 0.3 is 12.1 Å². The summed E-state index contributed by atoms with van der Waals surface area (Å²) in [5, 5.41) is 13.2. The van der Waals surface area contributed by atoms with E-state index in [-0.39, 0.29) is 24.8 Å². The molecule has 0 spiro atoms. The van der Waals surface area contributed by atoms with Crippen molar-refractivity contribution in [2.75, 3.05) is 13.2 Å². The lowest BCUT2D eigenvalue weighted by Gasteiger charge is -2.14. The van der Waals surface area contributed by atoms with Crippen LogP contribution in [0.25, 0.3) is 11.1 Å². The number of hydrogen-bond acceptors (Lipinski definition) is 5. The molecule has 0 aliphatic heterocycles. The van der Waals surface area contributed by atoms with Gasteiger partial charge in [0.2, 0.25) is 0 Å². The van der Waals surface area contributed by atoms with E-state index < -0.39 is 12.1 Å². The van der Waals surface area contributed by atoms with E-state index in [9.17, 15) is 9.59 Å². The Morgan fingerprint density at radius 1 is 1.10 bits per heavy atom. The number of aromatic nitrogens is 1. The monoisotopic (exact) mass is 404 g/mol. The quantitative estimate of drug-likeness (QED) is 0.647. The number of rotatable bonds is 4. The molecule has 7 heteroatoms. The predicted octanol–water partition coefficient (Wildman–Crippen LogP) is 3.73. The molecule has 0 unspecified atom stereocenters. The molecule has 3 aromatic rings. The van der Waals surface area contributed by atoms with E-state index in [0.29, 0.717) is 5.01 Å². The summed E-state index contributed by atoms with van der Waals surface area (Å²) in [5.41, 5.74) is 4.61. The molecule has 0 saturated heterocycles. The molecular formula is C22H16N2O4S. The molecule has 2 aromatic carbocycles. The van der Waals surface area contributed by atoms with Crippen molar-refractivity contribution in [2.24, 2.45) is 0 Å². The maximum atomic E-state index is 12.0. The number of nitrogens with zero attached hydrogens (tertiary/aromatic N) is 1. The van der Waals surface area contributed by atoms with Gasteiger partial charge in [-0.3, -0.25) is 0 Å². The Kier molecular flexibility index (Phi) is 5.27. The minimum Gasteiger partial charge on any atom is -0.476 e. The fourth-order valence-corrected chi connectivity index (χ4v) is 3.97. The normalized spacial score (nSPS) is 11.7. The lowest BCUT2D eigenvalue weighted by molar-refractivity contribution is 0.0691. The number of carbonyl (C=O) groups is 2. The van der Waals surface area contributed by atoms with E-state index in [1.807, 2.05) is 24.3 Å². The standard InChI is InChI=1S/C22H16N2O4S/c25-21(26)19-13-29-20(24-19)10-5-11-23-22(27)28-12-18-16-8-3-1-6-14(16)15-7-2-4-9-17(15)18/h1-4,6-9,13,18H,11-12H2,(H,23,27)(H,25,26). The molecule has 4 rings (SSSR count). The minimum atomic E-state index is -1.09. The number of amides is 1. The Hall–Kier alpha value is -3.63. The molecule has 0 fully saturated rings. The Labute approximate surface area is 171 Å². The highest BCUT2D eigenvalue weighted by atomic mass is 32.1. The molecular weight excluding hydrogens is 388 g/mol. The molecule has 6 nitrogen and oxygen atoms in total. The number of fused-ring (bicyclic) bond motifs is 3. The summed E-state index contributed by atoms with van der Waals surface area (Å²) in [5.74, 6) is 4.37. The van der Waals surface area contributed by atoms with Gasteiger partial charge in [-0.05, 0) is 28.2 Å². The number of ether oxygens (including phenoxy) is 1. The van der Waals surface area contributed by atoms with E-state index >= 15 is 0 Å². The lowest BCUT2D eigenvalue weighted by Crippen LogP contribution is -2.26. The number of nitrogens with one attached hydrogen (secondary N) is 1. The van der Waals surface area contributed by atoms with E-state index in [1.165, 1.54) is 16.5 Å². The van der Waals surface area contributed by atoms with Crippen molar-refractivity contribution in [3.8, 4) is 23.0 Å². The molecule has 29 heavy (non-hydrogen) atoms. The molecule has 0 bridgehead atoms. The van der Waals surface area contributed by atoms with Crippen molar-refractivity contribution in [3.63, 3.8) is 0 Å². The van der Waals surface area contributed by atoms with Crippen LogP contribution >= 0.6 is 11.3 Å². The molecule has 1 amide bonds. The van der Waals surface area contributed by atoms with Crippen LogP contribution in [0.2, 0.25) is 0 Å². The van der Waals surface area contributed by atoms with Gasteiger partial charge in [-0.2, -0.15) is 0 Å². The van der Waals surface area contributed by atoms with Crippen LogP contribution < -0.4 is 5.32 Å². The third-order valence-corrected chi connectivity index (χ3v) is 5.34. The molecule has 1 aliphatic rings. The van der Waals surface area contributed by atoms with Crippen LogP contribution in [0.4, 0.5) is 4.79 Å². The average Bonchev–Trinajstić information content (AvgIpc) is 3.33. The van der Waals surface area contributed by atoms with E-state index in [1.54, 1.807) is 0 Å². The molecule has 1 heterocycles. The summed E-state index contributed by atoms with van der Waals surface area (Å²) >= 11 is 1.14. The zero-order valence-corrected chi connectivity index (χ0v) is 16.0. The molecule has 2 N–H and O–H groups in total. The van der Waals surface area contributed by atoms with Gasteiger partial charge in [0.05, 0.1) is 6.54 Å². The number of aromatic carboxylic acids is 1. The summed E-state index contributed by atoms with van der Waals surface area (Å²) in [4.78, 5) is 26.7. The van der Waals surface area contributed by atoms with Crippen LogP contribution in [0.15, 0.2) is 53.9 Å². The molecule has 0 saturated carbocycles. The van der Waals surface area contributed by atoms with Crippen LogP contribution in [0.5, 0.6) is 0 Å². The van der Waals surface area contributed by atoms with Crippen molar-refractivity contribution in [3.05, 3.63) is 75.7 Å². The number of carboxylic acid groups (broad SMARTS) is 1. The number of carbonyl (C=O) groups excluding carboxylic acids is 1. The van der Waals surface area contributed by atoms with Crippen LogP contribution in [0, 0.1) is 11.8 Å². The van der Waals surface area contributed by atoms with E-state index in [0.717, 1.165) is 22.5 Å². The highest BCUT2D eigenvalue weighted by molar-refractivity contribution is 7.10. The van der Waals surface area contributed by atoms with E-state index in [4.69, 9.17) is 9.84 Å². The molecule has 0 atom stereocenters. The first-order valence-electron chi connectivity index (χ1n) is 8.90. The zero-order valence-electron chi connectivity index (χ0n) is 15.2. The maximum absolute atomic E-state index is 12.0. The van der Waals surface area contributed by atoms with Crippen molar-refractivity contribution >= 4 is 23.4 Å². The topological polar surface area (TPSA) is 88.5 Å². The van der Waals surface area contributed by atoms with Crippen LogP contribution in [-0.2, 0) is 4.74 Å². The third kappa shape index (κ3) is 3.98. The first-order valence-corrected chi connectivity index (χ1v) is 9.78. The van der Waals surface area contributed by atoms with Gasteiger partial charge in [0.1, 0.15) is 6.61 Å². The van der Waals surface area contributed by atoms with Gasteiger partial charge < -0.3 is 15.2 Å². The SMILES string of the molecule is O=C(NCC#Cc1nc(C(=O)O)cs1)OCC1c2ccccc2-c2ccccc21.